The zero-order chi connectivity index (χ0) is 42.5. The second kappa shape index (κ2) is 24.9. The van der Waals surface area contributed by atoms with Crippen molar-refractivity contribution in [1.29, 1.82) is 0 Å². The number of carbonyl (C=O) groups excluding carboxylic acids is 2. The number of nitrogens with one attached hydrogen (secondary N) is 2. The van der Waals surface area contributed by atoms with Gasteiger partial charge in [0.1, 0.15) is 24.2 Å². The van der Waals surface area contributed by atoms with E-state index in [0.29, 0.717) is 103 Å². The molecule has 3 aromatic carbocycles. The first-order valence-electron chi connectivity index (χ1n) is 21.2. The van der Waals surface area contributed by atoms with Crippen LogP contribution in [0.2, 0.25) is 0 Å². The van der Waals surface area contributed by atoms with Gasteiger partial charge in [0.15, 0.2) is 0 Å². The van der Waals surface area contributed by atoms with Crippen molar-refractivity contribution in [1.82, 2.24) is 15.2 Å². The number of carboxylic acids is 1. The van der Waals surface area contributed by atoms with Crippen LogP contribution in [0.4, 0.5) is 5.82 Å². The fourth-order valence-electron chi connectivity index (χ4n) is 7.10. The van der Waals surface area contributed by atoms with Crippen molar-refractivity contribution in [2.24, 2.45) is 5.92 Å². The molecule has 0 saturated carbocycles. The maximum absolute atomic E-state index is 13.6. The Hall–Kier alpha value is -5.08. The maximum atomic E-state index is 13.6. The van der Waals surface area contributed by atoms with E-state index in [9.17, 15) is 19.5 Å². The first-order chi connectivity index (χ1) is 29.2. The zero-order valence-corrected chi connectivity index (χ0v) is 35.4. The molecule has 2 atom stereocenters. The van der Waals surface area contributed by atoms with Gasteiger partial charge in [0, 0.05) is 37.7 Å². The van der Waals surface area contributed by atoms with E-state index in [4.69, 9.17) is 23.7 Å². The number of carboxylic acid groups (broad SMARTS) is 1. The molecular weight excluding hydrogens is 765 g/mol. The molecule has 0 bridgehead atoms. The minimum Gasteiger partial charge on any atom is -0.491 e. The lowest BCUT2D eigenvalue weighted by Gasteiger charge is -2.26. The summed E-state index contributed by atoms with van der Waals surface area (Å²) in [6.07, 6.45) is 4.63. The molecule has 1 saturated heterocycles. The Labute approximate surface area is 354 Å². The Kier molecular flexibility index (Phi) is 19.1. The van der Waals surface area contributed by atoms with E-state index in [2.05, 4.69) is 29.5 Å². The Morgan fingerprint density at radius 1 is 0.833 bits per heavy atom. The highest BCUT2D eigenvalue weighted by atomic mass is 16.6. The highest BCUT2D eigenvalue weighted by Crippen LogP contribution is 2.35. The molecule has 2 amide bonds. The topological polar surface area (TPSA) is 158 Å². The zero-order valence-electron chi connectivity index (χ0n) is 35.4. The molecule has 324 valence electrons. The van der Waals surface area contributed by atoms with E-state index in [1.165, 1.54) is 0 Å². The van der Waals surface area contributed by atoms with Crippen LogP contribution in [0.1, 0.15) is 69.5 Å². The number of aromatic nitrogens is 1. The smallest absolute Gasteiger partial charge is 0.305 e. The number of hydrogen-bond acceptors (Lipinski definition) is 10. The largest absolute Gasteiger partial charge is 0.491 e. The Bertz CT molecular complexity index is 1940. The standard InChI is InChI=1S/C47H62N4O9/c1-34(2)19-23-56-24-25-57-26-27-58-28-29-59-30-31-60-43-17-16-38(39-8-4-5-9-40(39)43)36-12-14-37(15-13-36)41(33-46(53)54)50-47(55)42-10-7-22-51(42)45(52)11-6-20-48-44-32-35(3)18-21-49-44/h4-5,8-9,12-18,21,32,34,41-42H,6-7,10-11,19-20,22-31,33H2,1-3H3,(H,48,49)(H,50,55)(H,53,54)/t41-,42-/m0/s1. The van der Waals surface area contributed by atoms with Crippen molar-refractivity contribution >= 4 is 34.4 Å². The third-order valence-corrected chi connectivity index (χ3v) is 10.3. The third-order valence-electron chi connectivity index (χ3n) is 10.3. The molecule has 0 aliphatic carbocycles. The minimum atomic E-state index is -1.03. The number of rotatable bonds is 27. The summed E-state index contributed by atoms with van der Waals surface area (Å²) in [7, 11) is 0. The number of pyridine rings is 1. The van der Waals surface area contributed by atoms with E-state index in [1.807, 2.05) is 79.7 Å². The average Bonchev–Trinajstić information content (AvgIpc) is 3.74. The maximum Gasteiger partial charge on any atom is 0.305 e. The Morgan fingerprint density at radius 2 is 1.50 bits per heavy atom. The fourth-order valence-corrected chi connectivity index (χ4v) is 7.10. The molecule has 13 nitrogen and oxygen atoms in total. The van der Waals surface area contributed by atoms with Gasteiger partial charge in [-0.15, -0.1) is 0 Å². The molecule has 0 unspecified atom stereocenters. The van der Waals surface area contributed by atoms with Crippen LogP contribution in [0.15, 0.2) is 79.0 Å². The first kappa shape index (κ1) is 46.0. The van der Waals surface area contributed by atoms with E-state index in [0.717, 1.165) is 52.1 Å². The van der Waals surface area contributed by atoms with Gasteiger partial charge in [0.05, 0.1) is 58.7 Å². The van der Waals surface area contributed by atoms with E-state index in [1.54, 1.807) is 11.1 Å². The van der Waals surface area contributed by atoms with Crippen molar-refractivity contribution < 1.29 is 43.2 Å². The second-order valence-corrected chi connectivity index (χ2v) is 15.4. The molecule has 3 N–H and O–H groups in total. The summed E-state index contributed by atoms with van der Waals surface area (Å²) in [6.45, 7) is 12.1. The van der Waals surface area contributed by atoms with Crippen molar-refractivity contribution in [3.63, 3.8) is 0 Å². The SMILES string of the molecule is Cc1ccnc(NCCCC(=O)N2CCC[C@H]2C(=O)N[C@@H](CC(=O)O)c2ccc(-c3ccc(OCCOCCOCCOCCOCCC(C)C)c4ccccc34)cc2)c1. The van der Waals surface area contributed by atoms with Gasteiger partial charge >= 0.3 is 5.97 Å². The van der Waals surface area contributed by atoms with E-state index in [-0.39, 0.29) is 18.2 Å². The van der Waals surface area contributed by atoms with Gasteiger partial charge in [-0.2, -0.15) is 0 Å². The Morgan fingerprint density at radius 3 is 2.17 bits per heavy atom. The van der Waals surface area contributed by atoms with Gasteiger partial charge in [-0.1, -0.05) is 68.4 Å². The fraction of sp³-hybridized carbons (Fsp3) is 0.489. The number of nitrogens with zero attached hydrogens (tertiary/aromatic N) is 2. The summed E-state index contributed by atoms with van der Waals surface area (Å²) in [5, 5.41) is 18.0. The van der Waals surface area contributed by atoms with Crippen molar-refractivity contribution in [3.05, 3.63) is 90.1 Å². The van der Waals surface area contributed by atoms with Crippen LogP contribution in [-0.4, -0.2) is 111 Å². The number of carbonyl (C=O) groups is 3. The van der Waals surface area contributed by atoms with Crippen molar-refractivity contribution in [2.45, 2.75) is 71.4 Å². The van der Waals surface area contributed by atoms with Crippen LogP contribution in [0.3, 0.4) is 0 Å². The van der Waals surface area contributed by atoms with Gasteiger partial charge in [0.2, 0.25) is 11.8 Å². The van der Waals surface area contributed by atoms with Gasteiger partial charge in [0.25, 0.3) is 0 Å². The van der Waals surface area contributed by atoms with Crippen LogP contribution >= 0.6 is 0 Å². The lowest BCUT2D eigenvalue weighted by Crippen LogP contribution is -2.47. The molecule has 0 spiro atoms. The van der Waals surface area contributed by atoms with Gasteiger partial charge in [-0.3, -0.25) is 14.4 Å². The van der Waals surface area contributed by atoms with Crippen LogP contribution in [-0.2, 0) is 33.3 Å². The van der Waals surface area contributed by atoms with E-state index >= 15 is 0 Å². The molecule has 1 aliphatic rings. The molecule has 0 radical (unpaired) electrons. The average molecular weight is 827 g/mol. The van der Waals surface area contributed by atoms with Crippen LogP contribution in [0.5, 0.6) is 5.75 Å². The summed E-state index contributed by atoms with van der Waals surface area (Å²) < 4.78 is 28.5. The van der Waals surface area contributed by atoms with Crippen molar-refractivity contribution in [2.75, 3.05) is 77.9 Å². The molecular formula is C47H62N4O9. The highest BCUT2D eigenvalue weighted by Gasteiger charge is 2.35. The van der Waals surface area contributed by atoms with Gasteiger partial charge in [-0.25, -0.2) is 4.98 Å². The van der Waals surface area contributed by atoms with Crippen LogP contribution < -0.4 is 15.4 Å². The molecule has 5 rings (SSSR count). The van der Waals surface area contributed by atoms with Crippen molar-refractivity contribution in [3.8, 4) is 16.9 Å². The normalized spacial score (nSPS) is 14.4. The second-order valence-electron chi connectivity index (χ2n) is 15.4. The molecule has 60 heavy (non-hydrogen) atoms. The molecule has 1 aromatic heterocycles. The van der Waals surface area contributed by atoms with Crippen LogP contribution in [0.25, 0.3) is 21.9 Å². The molecule has 4 aromatic rings. The highest BCUT2D eigenvalue weighted by molar-refractivity contribution is 6.00. The molecule has 1 fully saturated rings. The van der Waals surface area contributed by atoms with E-state index < -0.39 is 18.1 Å². The lowest BCUT2D eigenvalue weighted by atomic mass is 9.95. The first-order valence-corrected chi connectivity index (χ1v) is 21.2. The summed E-state index contributed by atoms with van der Waals surface area (Å²) in [5.74, 6) is 0.689. The minimum absolute atomic E-state index is 0.0872. The number of fused-ring (bicyclic) bond motifs is 1. The van der Waals surface area contributed by atoms with Gasteiger partial charge < -0.3 is 44.3 Å². The number of likely N-dealkylation sites (tertiary alicyclic amines) is 1. The lowest BCUT2D eigenvalue weighted by molar-refractivity contribution is -0.140. The van der Waals surface area contributed by atoms with Crippen LogP contribution in [0, 0.1) is 12.8 Å². The summed E-state index contributed by atoms with van der Waals surface area (Å²) in [6, 6.07) is 22.0. The number of aryl methyl sites for hydroxylation is 1. The molecule has 2 heterocycles. The number of hydrogen-bond donors (Lipinski definition) is 3. The van der Waals surface area contributed by atoms with Gasteiger partial charge in [-0.05, 0) is 84.4 Å². The number of aliphatic carboxylic acids is 1. The predicted octanol–water partition coefficient (Wildman–Crippen LogP) is 7.22. The summed E-state index contributed by atoms with van der Waals surface area (Å²) in [5.41, 5.74) is 3.69. The number of amides is 2. The Balaban J connectivity index is 1.08. The predicted molar refractivity (Wildman–Crippen MR) is 232 cm³/mol. The monoisotopic (exact) mass is 826 g/mol. The number of benzene rings is 3. The quantitative estimate of drug-likeness (QED) is 0.0522. The number of anilines is 1. The molecule has 1 aliphatic heterocycles. The number of ether oxygens (including phenoxy) is 5. The third kappa shape index (κ3) is 14.9. The summed E-state index contributed by atoms with van der Waals surface area (Å²) >= 11 is 0. The molecule has 13 heteroatoms. The summed E-state index contributed by atoms with van der Waals surface area (Å²) in [4.78, 5) is 44.7.